The lowest BCUT2D eigenvalue weighted by molar-refractivity contribution is 0.560. The molecule has 0 saturated heterocycles. The number of aromatic nitrogens is 2. The second kappa shape index (κ2) is 4.35. The number of furan rings is 1. The molecule has 0 aliphatic rings. The van der Waals surface area contributed by atoms with E-state index >= 15 is 0 Å². The molecule has 0 fully saturated rings. The Bertz CT molecular complexity index is 495. The molecule has 0 aromatic carbocycles. The van der Waals surface area contributed by atoms with Crippen LogP contribution in [0.15, 0.2) is 27.8 Å². The molecule has 0 amide bonds. The minimum absolute atomic E-state index is 0.753. The van der Waals surface area contributed by atoms with Crippen molar-refractivity contribution in [1.29, 1.82) is 0 Å². The highest BCUT2D eigenvalue weighted by molar-refractivity contribution is 5.79. The lowest BCUT2D eigenvalue weighted by Gasteiger charge is -1.97. The van der Waals surface area contributed by atoms with Gasteiger partial charge in [0.1, 0.15) is 11.4 Å². The first-order valence-corrected chi connectivity index (χ1v) is 5.34. The average molecular weight is 217 g/mol. The van der Waals surface area contributed by atoms with E-state index in [0.717, 1.165) is 29.4 Å². The molecule has 16 heavy (non-hydrogen) atoms. The van der Waals surface area contributed by atoms with Gasteiger partial charge in [-0.3, -0.25) is 4.68 Å². The van der Waals surface area contributed by atoms with Gasteiger partial charge in [0.25, 0.3) is 0 Å². The molecule has 2 aromatic rings. The Morgan fingerprint density at radius 1 is 1.50 bits per heavy atom. The molecule has 2 aromatic heterocycles. The fraction of sp³-hybridized carbons (Fsp3) is 0.333. The van der Waals surface area contributed by atoms with Crippen LogP contribution in [-0.2, 0) is 6.54 Å². The van der Waals surface area contributed by atoms with Gasteiger partial charge in [-0.15, -0.1) is 0 Å². The lowest BCUT2D eigenvalue weighted by atomic mass is 10.3. The van der Waals surface area contributed by atoms with E-state index in [1.54, 1.807) is 12.5 Å². The number of aliphatic imine (C=N–C) groups is 1. The number of nitrogens with zero attached hydrogens (tertiary/aromatic N) is 3. The number of hydrogen-bond donors (Lipinski definition) is 0. The van der Waals surface area contributed by atoms with Crippen LogP contribution in [-0.4, -0.2) is 16.0 Å². The van der Waals surface area contributed by atoms with E-state index in [1.807, 2.05) is 30.7 Å². The minimum Gasteiger partial charge on any atom is -0.463 e. The fourth-order valence-electron chi connectivity index (χ4n) is 1.68. The lowest BCUT2D eigenvalue weighted by Crippen LogP contribution is -1.98. The molecule has 0 unspecified atom stereocenters. The maximum absolute atomic E-state index is 5.19. The first kappa shape index (κ1) is 10.7. The van der Waals surface area contributed by atoms with Crippen LogP contribution in [0.4, 0.5) is 5.69 Å². The summed E-state index contributed by atoms with van der Waals surface area (Å²) >= 11 is 0. The summed E-state index contributed by atoms with van der Waals surface area (Å²) in [6, 6.07) is 3.72. The maximum Gasteiger partial charge on any atom is 0.144 e. The smallest absolute Gasteiger partial charge is 0.144 e. The van der Waals surface area contributed by atoms with Gasteiger partial charge in [-0.25, -0.2) is 4.99 Å². The second-order valence-electron chi connectivity index (χ2n) is 3.61. The Morgan fingerprint density at radius 2 is 2.31 bits per heavy atom. The number of rotatable bonds is 3. The summed E-state index contributed by atoms with van der Waals surface area (Å²) in [6.07, 6.45) is 3.35. The van der Waals surface area contributed by atoms with Crippen molar-refractivity contribution in [1.82, 2.24) is 9.78 Å². The Balaban J connectivity index is 2.31. The van der Waals surface area contributed by atoms with Crippen LogP contribution in [0.3, 0.4) is 0 Å². The molecular weight excluding hydrogens is 202 g/mol. The summed E-state index contributed by atoms with van der Waals surface area (Å²) in [4.78, 5) is 4.41. The summed E-state index contributed by atoms with van der Waals surface area (Å²) < 4.78 is 7.14. The van der Waals surface area contributed by atoms with Crippen LogP contribution >= 0.6 is 0 Å². The van der Waals surface area contributed by atoms with Gasteiger partial charge in [-0.05, 0) is 32.9 Å². The summed E-state index contributed by atoms with van der Waals surface area (Å²) in [5.74, 6) is 0.753. The van der Waals surface area contributed by atoms with E-state index in [4.69, 9.17) is 4.42 Å². The summed E-state index contributed by atoms with van der Waals surface area (Å²) in [7, 11) is 0. The van der Waals surface area contributed by atoms with Crippen molar-refractivity contribution in [3.05, 3.63) is 35.5 Å². The molecule has 4 nitrogen and oxygen atoms in total. The molecule has 0 aliphatic carbocycles. The van der Waals surface area contributed by atoms with Crippen molar-refractivity contribution in [3.8, 4) is 0 Å². The topological polar surface area (TPSA) is 43.3 Å². The van der Waals surface area contributed by atoms with Gasteiger partial charge in [0, 0.05) is 6.54 Å². The molecule has 0 saturated carbocycles. The van der Waals surface area contributed by atoms with Crippen molar-refractivity contribution in [2.24, 2.45) is 4.99 Å². The van der Waals surface area contributed by atoms with Gasteiger partial charge < -0.3 is 4.42 Å². The first-order chi connectivity index (χ1) is 7.72. The summed E-state index contributed by atoms with van der Waals surface area (Å²) in [5.41, 5.74) is 2.96. The van der Waals surface area contributed by atoms with Crippen LogP contribution in [0.1, 0.15) is 24.1 Å². The maximum atomic E-state index is 5.19. The normalized spacial score (nSPS) is 11.4. The Labute approximate surface area is 94.6 Å². The zero-order valence-electron chi connectivity index (χ0n) is 9.77. The van der Waals surface area contributed by atoms with Gasteiger partial charge in [0.05, 0.1) is 23.9 Å². The van der Waals surface area contributed by atoms with E-state index in [-0.39, 0.29) is 0 Å². The molecule has 2 heterocycles. The number of hydrogen-bond acceptors (Lipinski definition) is 3. The molecule has 4 heteroatoms. The van der Waals surface area contributed by atoms with Crippen LogP contribution in [0.5, 0.6) is 0 Å². The zero-order valence-corrected chi connectivity index (χ0v) is 9.77. The zero-order chi connectivity index (χ0) is 11.5. The van der Waals surface area contributed by atoms with Gasteiger partial charge in [0.15, 0.2) is 0 Å². The third-order valence-electron chi connectivity index (χ3n) is 2.51. The quantitative estimate of drug-likeness (QED) is 0.742. The van der Waals surface area contributed by atoms with Crippen molar-refractivity contribution in [3.63, 3.8) is 0 Å². The molecule has 0 atom stereocenters. The minimum atomic E-state index is 0.753. The van der Waals surface area contributed by atoms with Gasteiger partial charge >= 0.3 is 0 Å². The summed E-state index contributed by atoms with van der Waals surface area (Å²) in [5, 5.41) is 4.40. The van der Waals surface area contributed by atoms with Gasteiger partial charge in [0.2, 0.25) is 0 Å². The highest BCUT2D eigenvalue weighted by Crippen LogP contribution is 2.22. The highest BCUT2D eigenvalue weighted by atomic mass is 16.3. The third kappa shape index (κ3) is 1.91. The van der Waals surface area contributed by atoms with Crippen LogP contribution in [0, 0.1) is 13.8 Å². The monoisotopic (exact) mass is 217 g/mol. The molecule has 0 spiro atoms. The molecule has 0 bridgehead atoms. The molecule has 0 aliphatic heterocycles. The highest BCUT2D eigenvalue weighted by Gasteiger charge is 2.08. The predicted octanol–water partition coefficient (Wildman–Crippen LogP) is 2.86. The Morgan fingerprint density at radius 3 is 2.88 bits per heavy atom. The molecule has 2 rings (SSSR count). The van der Waals surface area contributed by atoms with Crippen molar-refractivity contribution < 1.29 is 4.42 Å². The first-order valence-electron chi connectivity index (χ1n) is 5.34. The van der Waals surface area contributed by atoms with Crippen LogP contribution in [0.2, 0.25) is 0 Å². The molecule has 0 radical (unpaired) electrons. The molecule has 0 N–H and O–H groups in total. The second-order valence-corrected chi connectivity index (χ2v) is 3.61. The Kier molecular flexibility index (Phi) is 2.90. The van der Waals surface area contributed by atoms with Crippen molar-refractivity contribution >= 4 is 11.9 Å². The predicted molar refractivity (Wildman–Crippen MR) is 63.3 cm³/mol. The number of aryl methyl sites for hydroxylation is 2. The molecular formula is C12H15N3O. The van der Waals surface area contributed by atoms with Crippen molar-refractivity contribution in [2.75, 3.05) is 0 Å². The third-order valence-corrected chi connectivity index (χ3v) is 2.51. The van der Waals surface area contributed by atoms with Crippen molar-refractivity contribution in [2.45, 2.75) is 27.3 Å². The van der Waals surface area contributed by atoms with Gasteiger partial charge in [-0.1, -0.05) is 0 Å². The molecule has 84 valence electrons. The van der Waals surface area contributed by atoms with E-state index < -0.39 is 0 Å². The van der Waals surface area contributed by atoms with Crippen LogP contribution < -0.4 is 0 Å². The summed E-state index contributed by atoms with van der Waals surface area (Å²) in [6.45, 7) is 6.93. The standard InChI is InChI=1S/C12H15N3O/c1-4-15-10(3)12(9(2)14-15)13-8-11-6-5-7-16-11/h5-8H,4H2,1-3H3. The van der Waals surface area contributed by atoms with E-state index in [0.29, 0.717) is 0 Å². The van der Waals surface area contributed by atoms with Crippen LogP contribution in [0.25, 0.3) is 0 Å². The average Bonchev–Trinajstić information content (AvgIpc) is 2.86. The van der Waals surface area contributed by atoms with Gasteiger partial charge in [-0.2, -0.15) is 5.10 Å². The van der Waals surface area contributed by atoms with E-state index in [9.17, 15) is 0 Å². The SMILES string of the molecule is CCn1nc(C)c(N=Cc2ccco2)c1C. The van der Waals surface area contributed by atoms with E-state index in [1.165, 1.54) is 0 Å². The fourth-order valence-corrected chi connectivity index (χ4v) is 1.68. The Hall–Kier alpha value is -1.84. The van der Waals surface area contributed by atoms with E-state index in [2.05, 4.69) is 17.0 Å². The largest absolute Gasteiger partial charge is 0.463 e.